The summed E-state index contributed by atoms with van der Waals surface area (Å²) in [7, 11) is 0. The van der Waals surface area contributed by atoms with Gasteiger partial charge in [0.05, 0.1) is 27.7 Å². The van der Waals surface area contributed by atoms with Gasteiger partial charge in [-0.15, -0.1) is 11.3 Å². The number of hydrogen-bond acceptors (Lipinski definition) is 6. The molecule has 0 saturated heterocycles. The van der Waals surface area contributed by atoms with Gasteiger partial charge >= 0.3 is 5.97 Å². The summed E-state index contributed by atoms with van der Waals surface area (Å²) in [6.45, 7) is 0. The average molecular weight is 382 g/mol. The fourth-order valence-corrected chi connectivity index (χ4v) is 5.06. The van der Waals surface area contributed by atoms with Crippen LogP contribution in [0.2, 0.25) is 0 Å². The van der Waals surface area contributed by atoms with Crippen molar-refractivity contribution >= 4 is 28.1 Å². The lowest BCUT2D eigenvalue weighted by atomic mass is 9.65. The lowest BCUT2D eigenvalue weighted by Crippen LogP contribution is -2.40. The number of carboxylic acids is 1. The number of H-pyrrole nitrogens is 1. The predicted molar refractivity (Wildman–Crippen MR) is 101 cm³/mol. The van der Waals surface area contributed by atoms with Crippen molar-refractivity contribution in [1.29, 1.82) is 0 Å². The van der Waals surface area contributed by atoms with Gasteiger partial charge in [0.25, 0.3) is 0 Å². The Balaban J connectivity index is 1.79. The highest BCUT2D eigenvalue weighted by Gasteiger charge is 2.46. The van der Waals surface area contributed by atoms with Crippen LogP contribution >= 0.6 is 11.3 Å². The average Bonchev–Trinajstić information content (AvgIpc) is 3.29. The molecule has 0 radical (unpaired) electrons. The molecule has 8 heteroatoms. The van der Waals surface area contributed by atoms with E-state index in [2.05, 4.69) is 15.4 Å². The summed E-state index contributed by atoms with van der Waals surface area (Å²) in [5, 5.41) is 20.2. The number of nitrogens with zero attached hydrogens (tertiary/aromatic N) is 2. The van der Waals surface area contributed by atoms with Gasteiger partial charge in [0.15, 0.2) is 5.78 Å². The molecular formula is C19H18N4O3S. The second kappa shape index (κ2) is 6.62. The molecule has 1 unspecified atom stereocenters. The van der Waals surface area contributed by atoms with Crippen LogP contribution in [0.25, 0.3) is 0 Å². The molecule has 7 nitrogen and oxygen atoms in total. The minimum Gasteiger partial charge on any atom is -0.478 e. The molecule has 0 amide bonds. The maximum atomic E-state index is 13.6. The van der Waals surface area contributed by atoms with E-state index in [0.717, 1.165) is 22.6 Å². The first-order chi connectivity index (χ1) is 13.0. The number of nitrogen functional groups attached to an aromatic ring is 1. The molecule has 0 fully saturated rings. The smallest absolute Gasteiger partial charge is 0.338 e. The minimum atomic E-state index is -1.08. The summed E-state index contributed by atoms with van der Waals surface area (Å²) in [5.74, 6) is -1.13. The zero-order valence-corrected chi connectivity index (χ0v) is 15.3. The van der Waals surface area contributed by atoms with Crippen molar-refractivity contribution in [2.24, 2.45) is 0 Å². The number of fused-ring (bicyclic) bond motifs is 1. The van der Waals surface area contributed by atoms with Gasteiger partial charge in [-0.3, -0.25) is 4.79 Å². The number of rotatable bonds is 5. The largest absolute Gasteiger partial charge is 0.478 e. The number of nitrogens with two attached hydrogens (primary N) is 1. The van der Waals surface area contributed by atoms with Crippen LogP contribution < -0.4 is 5.73 Å². The molecule has 1 aliphatic carbocycles. The lowest BCUT2D eigenvalue weighted by Gasteiger charge is -2.36. The maximum Gasteiger partial charge on any atom is 0.338 e. The standard InChI is InChI=1S/C19H18N4O3S/c20-17-14(18(25)26)13-7-9-19(16(24)15(13)27-17,11-4-2-1-3-5-11)8-6-12-10-21-23-22-12/h1-5,10H,6-9,20H2,(H,25,26)(H,21,22,23). The van der Waals surface area contributed by atoms with E-state index in [0.29, 0.717) is 36.1 Å². The predicted octanol–water partition coefficient (Wildman–Crippen LogP) is 2.85. The Morgan fingerprint density at radius 3 is 2.78 bits per heavy atom. The van der Waals surface area contributed by atoms with Crippen molar-refractivity contribution in [2.75, 3.05) is 5.73 Å². The molecule has 27 heavy (non-hydrogen) atoms. The Labute approximate surface area is 159 Å². The molecule has 3 aromatic rings. The summed E-state index contributed by atoms with van der Waals surface area (Å²) in [4.78, 5) is 25.6. The van der Waals surface area contributed by atoms with Crippen LogP contribution in [0, 0.1) is 0 Å². The number of aromatic carboxylic acids is 1. The number of aromatic nitrogens is 3. The van der Waals surface area contributed by atoms with Crippen LogP contribution in [-0.2, 0) is 18.3 Å². The van der Waals surface area contributed by atoms with Gasteiger partial charge in [-0.05, 0) is 36.8 Å². The molecular weight excluding hydrogens is 364 g/mol. The Morgan fingerprint density at radius 1 is 1.33 bits per heavy atom. The molecule has 1 atom stereocenters. The lowest BCUT2D eigenvalue weighted by molar-refractivity contribution is 0.0697. The van der Waals surface area contributed by atoms with Crippen molar-refractivity contribution in [3.05, 3.63) is 63.8 Å². The zero-order chi connectivity index (χ0) is 19.0. The van der Waals surface area contributed by atoms with E-state index in [1.54, 1.807) is 6.20 Å². The maximum absolute atomic E-state index is 13.6. The molecule has 138 valence electrons. The van der Waals surface area contributed by atoms with E-state index in [9.17, 15) is 14.7 Å². The van der Waals surface area contributed by atoms with Crippen LogP contribution in [0.4, 0.5) is 5.00 Å². The van der Waals surface area contributed by atoms with E-state index in [-0.39, 0.29) is 16.3 Å². The number of aromatic amines is 1. The highest BCUT2D eigenvalue weighted by molar-refractivity contribution is 7.18. The molecule has 1 aliphatic rings. The molecule has 0 bridgehead atoms. The number of nitrogens with one attached hydrogen (secondary N) is 1. The molecule has 0 aliphatic heterocycles. The highest BCUT2D eigenvalue weighted by atomic mass is 32.1. The summed E-state index contributed by atoms with van der Waals surface area (Å²) in [5.41, 5.74) is 7.59. The van der Waals surface area contributed by atoms with E-state index in [1.807, 2.05) is 30.3 Å². The van der Waals surface area contributed by atoms with Gasteiger partial charge in [-0.2, -0.15) is 15.4 Å². The first kappa shape index (κ1) is 17.4. The second-order valence-corrected chi connectivity index (χ2v) is 7.74. The van der Waals surface area contributed by atoms with Crippen molar-refractivity contribution in [2.45, 2.75) is 31.1 Å². The SMILES string of the molecule is Nc1sc2c(c1C(=O)O)CCC(CCc1cn[nH]n1)(c1ccccc1)C2=O. The Kier molecular flexibility index (Phi) is 4.27. The topological polar surface area (TPSA) is 122 Å². The third-order valence-electron chi connectivity index (χ3n) is 5.29. The Bertz CT molecular complexity index is 998. The van der Waals surface area contributed by atoms with Gasteiger partial charge < -0.3 is 10.8 Å². The molecule has 0 spiro atoms. The first-order valence-corrected chi connectivity index (χ1v) is 9.44. The minimum absolute atomic E-state index is 0.0531. The molecule has 2 heterocycles. The summed E-state index contributed by atoms with van der Waals surface area (Å²) < 4.78 is 0. The normalized spacial score (nSPS) is 19.0. The number of thiophene rings is 1. The van der Waals surface area contributed by atoms with Crippen LogP contribution in [-0.4, -0.2) is 32.3 Å². The molecule has 4 rings (SSSR count). The number of anilines is 1. The molecule has 2 aromatic heterocycles. The fourth-order valence-electron chi connectivity index (χ4n) is 3.91. The van der Waals surface area contributed by atoms with Crippen molar-refractivity contribution < 1.29 is 14.7 Å². The highest BCUT2D eigenvalue weighted by Crippen LogP contribution is 2.46. The third kappa shape index (κ3) is 2.82. The Hall–Kier alpha value is -3.00. The number of hydrogen-bond donors (Lipinski definition) is 3. The van der Waals surface area contributed by atoms with Crippen LogP contribution in [0.5, 0.6) is 0 Å². The van der Waals surface area contributed by atoms with Crippen LogP contribution in [0.15, 0.2) is 36.5 Å². The summed E-state index contributed by atoms with van der Waals surface area (Å²) >= 11 is 1.09. The first-order valence-electron chi connectivity index (χ1n) is 8.62. The van der Waals surface area contributed by atoms with E-state index in [1.165, 1.54) is 0 Å². The molecule has 4 N–H and O–H groups in total. The second-order valence-electron chi connectivity index (χ2n) is 6.69. The number of carbonyl (C=O) groups excluding carboxylic acids is 1. The fraction of sp³-hybridized carbons (Fsp3) is 0.263. The molecule has 0 saturated carbocycles. The number of ketones is 1. The Morgan fingerprint density at radius 2 is 2.11 bits per heavy atom. The number of carbonyl (C=O) groups is 2. The van der Waals surface area contributed by atoms with Crippen molar-refractivity contribution in [3.63, 3.8) is 0 Å². The third-order valence-corrected chi connectivity index (χ3v) is 6.35. The van der Waals surface area contributed by atoms with Gasteiger partial charge in [0.1, 0.15) is 5.00 Å². The summed E-state index contributed by atoms with van der Waals surface area (Å²) in [6.07, 6.45) is 3.87. The van der Waals surface area contributed by atoms with Gasteiger partial charge in [-0.1, -0.05) is 30.3 Å². The van der Waals surface area contributed by atoms with Crippen LogP contribution in [0.1, 0.15) is 49.7 Å². The number of carboxylic acid groups (broad SMARTS) is 1. The number of benzene rings is 1. The zero-order valence-electron chi connectivity index (χ0n) is 14.4. The van der Waals surface area contributed by atoms with E-state index >= 15 is 0 Å². The number of Topliss-reactive ketones (excluding diaryl/α,β-unsaturated/α-hetero) is 1. The van der Waals surface area contributed by atoms with Gasteiger partial charge in [0.2, 0.25) is 0 Å². The monoisotopic (exact) mass is 382 g/mol. The van der Waals surface area contributed by atoms with Gasteiger partial charge in [0, 0.05) is 0 Å². The van der Waals surface area contributed by atoms with E-state index in [4.69, 9.17) is 5.73 Å². The number of aryl methyl sites for hydroxylation is 1. The van der Waals surface area contributed by atoms with Crippen molar-refractivity contribution in [1.82, 2.24) is 15.4 Å². The van der Waals surface area contributed by atoms with Crippen LogP contribution in [0.3, 0.4) is 0 Å². The van der Waals surface area contributed by atoms with Crippen molar-refractivity contribution in [3.8, 4) is 0 Å². The van der Waals surface area contributed by atoms with Gasteiger partial charge in [-0.25, -0.2) is 4.79 Å². The summed E-state index contributed by atoms with van der Waals surface area (Å²) in [6, 6.07) is 9.67. The van der Waals surface area contributed by atoms with E-state index < -0.39 is 11.4 Å². The quantitative estimate of drug-likeness (QED) is 0.624. The molecule has 1 aromatic carbocycles.